The molecular weight excluding hydrogens is 436 g/mol. The number of anilines is 2. The summed E-state index contributed by atoms with van der Waals surface area (Å²) in [6.45, 7) is 5.35. The number of benzene rings is 2. The Balaban J connectivity index is 1.62. The fourth-order valence-corrected chi connectivity index (χ4v) is 5.29. The Bertz CT molecular complexity index is 1410. The quantitative estimate of drug-likeness (QED) is 0.338. The average Bonchev–Trinajstić information content (AvgIpc) is 2.87. The van der Waals surface area contributed by atoms with Crippen molar-refractivity contribution in [3.63, 3.8) is 0 Å². The van der Waals surface area contributed by atoms with Gasteiger partial charge in [-0.2, -0.15) is 0 Å². The van der Waals surface area contributed by atoms with Crippen molar-refractivity contribution < 1.29 is 10.2 Å². The number of phenols is 1. The minimum Gasteiger partial charge on any atom is -0.507 e. The van der Waals surface area contributed by atoms with Crippen LogP contribution in [0.2, 0.25) is 0 Å². The van der Waals surface area contributed by atoms with Gasteiger partial charge in [-0.15, -0.1) is 0 Å². The summed E-state index contributed by atoms with van der Waals surface area (Å²) in [7, 11) is 0. The zero-order valence-corrected chi connectivity index (χ0v) is 20.3. The summed E-state index contributed by atoms with van der Waals surface area (Å²) in [5.74, 6) is 0.309. The lowest BCUT2D eigenvalue weighted by Gasteiger charge is -2.41. The molecule has 2 heterocycles. The van der Waals surface area contributed by atoms with Gasteiger partial charge in [0.15, 0.2) is 0 Å². The minimum absolute atomic E-state index is 0.136. The fourth-order valence-electron chi connectivity index (χ4n) is 5.29. The number of nitrogen functional groups attached to an aromatic ring is 1. The molecule has 0 radical (unpaired) electrons. The SMILES string of the molecule is CC=C/C=C(\C)c1nc(N)nc2c1c(O)cc1cccc(N3CCC(O)(C4=CCCC=C4)CC3)c12. The van der Waals surface area contributed by atoms with Crippen LogP contribution in [0, 0.1) is 0 Å². The zero-order valence-electron chi connectivity index (χ0n) is 20.3. The van der Waals surface area contributed by atoms with Crippen molar-refractivity contribution in [2.24, 2.45) is 0 Å². The van der Waals surface area contributed by atoms with Crippen LogP contribution in [0.1, 0.15) is 45.2 Å². The maximum absolute atomic E-state index is 11.4. The predicted molar refractivity (Wildman–Crippen MR) is 144 cm³/mol. The van der Waals surface area contributed by atoms with Gasteiger partial charge in [-0.1, -0.05) is 48.6 Å². The molecule has 5 rings (SSSR count). The molecule has 0 spiro atoms. The Morgan fingerprint density at radius 2 is 1.94 bits per heavy atom. The lowest BCUT2D eigenvalue weighted by molar-refractivity contribution is 0.0555. The van der Waals surface area contributed by atoms with E-state index in [0.717, 1.165) is 53.5 Å². The number of fused-ring (bicyclic) bond motifs is 3. The van der Waals surface area contributed by atoms with E-state index < -0.39 is 5.60 Å². The molecule has 180 valence electrons. The number of nitrogens with two attached hydrogens (primary N) is 1. The molecule has 2 aliphatic rings. The van der Waals surface area contributed by atoms with E-state index in [-0.39, 0.29) is 11.7 Å². The fraction of sp³-hybridized carbons (Fsp3) is 0.310. The number of phenolic OH excluding ortho intramolecular Hbond substituents is 1. The summed E-state index contributed by atoms with van der Waals surface area (Å²) in [6, 6.07) is 7.85. The standard InChI is InChI=1S/C29H32N4O2/c1-3-4-9-19(2)26-25-23(34)18-20-10-8-13-22(24(20)27(25)32-28(30)31-26)33-16-14-29(35,15-17-33)21-11-6-5-7-12-21/h3-4,6,8-13,18,34-35H,5,7,14-17H2,1-2H3,(H2,30,31,32)/b4-3?,19-9+. The molecule has 1 saturated heterocycles. The van der Waals surface area contributed by atoms with E-state index in [1.165, 1.54) is 0 Å². The Morgan fingerprint density at radius 1 is 1.14 bits per heavy atom. The molecule has 6 heteroatoms. The minimum atomic E-state index is -0.785. The highest BCUT2D eigenvalue weighted by Gasteiger charge is 2.35. The molecule has 0 atom stereocenters. The first-order valence-corrected chi connectivity index (χ1v) is 12.3. The van der Waals surface area contributed by atoms with Crippen LogP contribution in [0.4, 0.5) is 11.6 Å². The zero-order chi connectivity index (χ0) is 24.6. The maximum atomic E-state index is 11.4. The van der Waals surface area contributed by atoms with Crippen LogP contribution < -0.4 is 10.6 Å². The van der Waals surface area contributed by atoms with E-state index in [0.29, 0.717) is 29.4 Å². The van der Waals surface area contributed by atoms with Gasteiger partial charge in [-0.05, 0) is 68.2 Å². The van der Waals surface area contributed by atoms with Gasteiger partial charge < -0.3 is 20.8 Å². The molecule has 1 aliphatic carbocycles. The first kappa shape index (κ1) is 23.1. The number of aromatic hydroxyl groups is 1. The molecule has 35 heavy (non-hydrogen) atoms. The van der Waals surface area contributed by atoms with Gasteiger partial charge in [0.1, 0.15) is 5.75 Å². The molecule has 1 aromatic heterocycles. The first-order valence-electron chi connectivity index (χ1n) is 12.3. The van der Waals surface area contributed by atoms with Gasteiger partial charge in [-0.25, -0.2) is 9.97 Å². The normalized spacial score (nSPS) is 18.5. The van der Waals surface area contributed by atoms with Crippen molar-refractivity contribution in [1.29, 1.82) is 0 Å². The number of allylic oxidation sites excluding steroid dienone is 6. The molecular formula is C29H32N4O2. The number of rotatable bonds is 4. The van der Waals surface area contributed by atoms with Crippen LogP contribution in [0.25, 0.3) is 27.2 Å². The second-order valence-electron chi connectivity index (χ2n) is 9.46. The maximum Gasteiger partial charge on any atom is 0.221 e. The van der Waals surface area contributed by atoms with Crippen molar-refractivity contribution in [3.8, 4) is 5.75 Å². The Morgan fingerprint density at radius 3 is 2.66 bits per heavy atom. The molecule has 1 aliphatic heterocycles. The summed E-state index contributed by atoms with van der Waals surface area (Å²) >= 11 is 0. The second kappa shape index (κ2) is 9.19. The number of piperidine rings is 1. The van der Waals surface area contributed by atoms with Gasteiger partial charge in [-0.3, -0.25) is 0 Å². The van der Waals surface area contributed by atoms with Gasteiger partial charge in [0.05, 0.1) is 22.2 Å². The number of nitrogens with zero attached hydrogens (tertiary/aromatic N) is 3. The van der Waals surface area contributed by atoms with E-state index in [2.05, 4.69) is 39.2 Å². The smallest absolute Gasteiger partial charge is 0.221 e. The summed E-state index contributed by atoms with van der Waals surface area (Å²) in [6.07, 6.45) is 15.6. The van der Waals surface area contributed by atoms with Gasteiger partial charge >= 0.3 is 0 Å². The summed E-state index contributed by atoms with van der Waals surface area (Å²) in [5, 5.41) is 24.8. The van der Waals surface area contributed by atoms with Gasteiger partial charge in [0.25, 0.3) is 0 Å². The van der Waals surface area contributed by atoms with Crippen molar-refractivity contribution in [2.75, 3.05) is 23.7 Å². The Kier molecular flexibility index (Phi) is 6.07. The van der Waals surface area contributed by atoms with Crippen molar-refractivity contribution in [2.45, 2.75) is 45.1 Å². The Labute approximate surface area is 205 Å². The van der Waals surface area contributed by atoms with Crippen molar-refractivity contribution >= 4 is 38.9 Å². The van der Waals surface area contributed by atoms with Crippen LogP contribution in [0.3, 0.4) is 0 Å². The molecule has 0 unspecified atom stereocenters. The predicted octanol–water partition coefficient (Wildman–Crippen LogP) is 5.66. The van der Waals surface area contributed by atoms with Crippen LogP contribution >= 0.6 is 0 Å². The van der Waals surface area contributed by atoms with E-state index in [9.17, 15) is 10.2 Å². The van der Waals surface area contributed by atoms with Crippen LogP contribution in [-0.2, 0) is 0 Å². The molecule has 2 aromatic carbocycles. The lowest BCUT2D eigenvalue weighted by Crippen LogP contribution is -2.45. The molecule has 0 amide bonds. The molecule has 1 fully saturated rings. The molecule has 6 nitrogen and oxygen atoms in total. The monoisotopic (exact) mass is 468 g/mol. The van der Waals surface area contributed by atoms with Crippen molar-refractivity contribution in [1.82, 2.24) is 9.97 Å². The second-order valence-corrected chi connectivity index (χ2v) is 9.46. The highest BCUT2D eigenvalue weighted by Crippen LogP contribution is 2.42. The number of aliphatic hydroxyl groups is 1. The van der Waals surface area contributed by atoms with E-state index in [1.807, 2.05) is 44.2 Å². The first-order chi connectivity index (χ1) is 16.9. The molecule has 0 bridgehead atoms. The topological polar surface area (TPSA) is 95.5 Å². The average molecular weight is 469 g/mol. The summed E-state index contributed by atoms with van der Waals surface area (Å²) < 4.78 is 0. The lowest BCUT2D eigenvalue weighted by atomic mass is 9.81. The summed E-state index contributed by atoms with van der Waals surface area (Å²) in [5.41, 5.74) is 9.63. The third-order valence-corrected chi connectivity index (χ3v) is 7.16. The number of aromatic nitrogens is 2. The number of hydrogen-bond acceptors (Lipinski definition) is 6. The van der Waals surface area contributed by atoms with E-state index in [1.54, 1.807) is 6.07 Å². The number of hydrogen-bond donors (Lipinski definition) is 3. The largest absolute Gasteiger partial charge is 0.507 e. The molecule has 4 N–H and O–H groups in total. The highest BCUT2D eigenvalue weighted by atomic mass is 16.3. The molecule has 0 saturated carbocycles. The third kappa shape index (κ3) is 4.19. The van der Waals surface area contributed by atoms with Gasteiger partial charge in [0.2, 0.25) is 5.95 Å². The third-order valence-electron chi connectivity index (χ3n) is 7.16. The summed E-state index contributed by atoms with van der Waals surface area (Å²) in [4.78, 5) is 11.4. The van der Waals surface area contributed by atoms with Crippen LogP contribution in [-0.4, -0.2) is 38.9 Å². The Hall–Kier alpha value is -3.64. The van der Waals surface area contributed by atoms with E-state index in [4.69, 9.17) is 5.73 Å². The highest BCUT2D eigenvalue weighted by molar-refractivity contribution is 6.16. The molecule has 3 aromatic rings. The van der Waals surface area contributed by atoms with Crippen molar-refractivity contribution in [3.05, 3.63) is 72.0 Å². The van der Waals surface area contributed by atoms with Crippen LogP contribution in [0.5, 0.6) is 5.75 Å². The van der Waals surface area contributed by atoms with E-state index >= 15 is 0 Å². The van der Waals surface area contributed by atoms with Gasteiger partial charge in [0, 0.05) is 24.2 Å². The van der Waals surface area contributed by atoms with Crippen LogP contribution in [0.15, 0.2) is 66.3 Å².